The molecule has 2 aliphatic heterocycles. The molecule has 6 nitrogen and oxygen atoms in total. The Morgan fingerprint density at radius 1 is 0.917 bits per heavy atom. The topological polar surface area (TPSA) is 66.9 Å². The minimum absolute atomic E-state index is 0.0422. The maximum absolute atomic E-state index is 13.2. The van der Waals surface area contributed by atoms with Gasteiger partial charge in [-0.1, -0.05) is 24.3 Å². The number of hydrogen-bond acceptors (Lipinski definition) is 4. The summed E-state index contributed by atoms with van der Waals surface area (Å²) < 4.78 is 73.0. The van der Waals surface area contributed by atoms with E-state index in [0.717, 1.165) is 44.5 Å². The predicted octanol–water partition coefficient (Wildman–Crippen LogP) is 4.96. The van der Waals surface area contributed by atoms with Crippen LogP contribution in [0.4, 0.5) is 13.2 Å². The van der Waals surface area contributed by atoms with Crippen LogP contribution >= 0.6 is 0 Å². The Bertz CT molecular complexity index is 1140. The highest BCUT2D eigenvalue weighted by Gasteiger charge is 2.42. The minimum Gasteiger partial charge on any atom is -0.493 e. The zero-order valence-corrected chi connectivity index (χ0v) is 20.9. The van der Waals surface area contributed by atoms with Crippen molar-refractivity contribution in [1.29, 1.82) is 0 Å². The zero-order valence-electron chi connectivity index (χ0n) is 20.0. The number of alkyl halides is 3. The lowest BCUT2D eigenvalue weighted by molar-refractivity contribution is -0.138. The molecule has 0 bridgehead atoms. The lowest BCUT2D eigenvalue weighted by atomic mass is 9.76. The second-order valence-corrected chi connectivity index (χ2v) is 11.6. The van der Waals surface area contributed by atoms with Gasteiger partial charge in [0.15, 0.2) is 0 Å². The van der Waals surface area contributed by atoms with Crippen LogP contribution in [0.1, 0.15) is 44.1 Å². The van der Waals surface area contributed by atoms with Crippen molar-refractivity contribution >= 4 is 15.9 Å². The first-order chi connectivity index (χ1) is 17.1. The Kier molecular flexibility index (Phi) is 7.94. The van der Waals surface area contributed by atoms with Gasteiger partial charge in [-0.05, 0) is 62.4 Å². The number of ether oxygens (including phenoxy) is 1. The van der Waals surface area contributed by atoms with Gasteiger partial charge in [0.05, 0.1) is 17.1 Å². The van der Waals surface area contributed by atoms with Crippen molar-refractivity contribution in [1.82, 2.24) is 9.21 Å². The summed E-state index contributed by atoms with van der Waals surface area (Å²) in [7, 11) is -4.11. The molecule has 0 saturated carbocycles. The largest absolute Gasteiger partial charge is 0.493 e. The van der Waals surface area contributed by atoms with Crippen molar-refractivity contribution in [2.45, 2.75) is 49.6 Å². The van der Waals surface area contributed by atoms with Crippen LogP contribution in [0, 0.1) is 5.41 Å². The molecule has 0 N–H and O–H groups in total. The number of carbonyl (C=O) groups is 1. The van der Waals surface area contributed by atoms with Crippen LogP contribution in [0.15, 0.2) is 59.5 Å². The van der Waals surface area contributed by atoms with Crippen LogP contribution < -0.4 is 4.74 Å². The number of carbonyl (C=O) groups excluding carboxylic acids is 1. The standard InChI is InChI=1S/C26H31F3N2O4S/c27-26(28,29)21-8-7-11-23(18-21)36(33,34)31-16-12-25(13-17-31,20-35-22-9-3-1-4-10-22)19-24(32)30-14-5-2-6-15-30/h1,3-4,7-11,18H,2,5-6,12-17,19-20H2. The minimum atomic E-state index is -4.63. The summed E-state index contributed by atoms with van der Waals surface area (Å²) in [4.78, 5) is 14.6. The van der Waals surface area contributed by atoms with Crippen molar-refractivity contribution in [3.05, 3.63) is 60.2 Å². The molecule has 0 atom stereocenters. The highest BCUT2D eigenvalue weighted by molar-refractivity contribution is 7.89. The van der Waals surface area contributed by atoms with Crippen molar-refractivity contribution in [2.75, 3.05) is 32.8 Å². The summed E-state index contributed by atoms with van der Waals surface area (Å²) in [6.45, 7) is 1.91. The summed E-state index contributed by atoms with van der Waals surface area (Å²) in [6, 6.07) is 13.1. The third-order valence-electron chi connectivity index (χ3n) is 7.11. The zero-order chi connectivity index (χ0) is 25.8. The second-order valence-electron chi connectivity index (χ2n) is 9.65. The fraction of sp³-hybridized carbons (Fsp3) is 0.500. The maximum Gasteiger partial charge on any atom is 0.416 e. The number of piperidine rings is 2. The Morgan fingerprint density at radius 3 is 2.22 bits per heavy atom. The van der Waals surface area contributed by atoms with Crippen LogP contribution in [0.2, 0.25) is 0 Å². The van der Waals surface area contributed by atoms with E-state index in [1.54, 1.807) is 0 Å². The van der Waals surface area contributed by atoms with E-state index in [1.165, 1.54) is 10.4 Å². The number of para-hydroxylation sites is 1. The Labute approximate surface area is 210 Å². The molecular formula is C26H31F3N2O4S. The monoisotopic (exact) mass is 524 g/mol. The first-order valence-electron chi connectivity index (χ1n) is 12.2. The number of benzene rings is 2. The van der Waals surface area contributed by atoms with Crippen LogP contribution in [0.3, 0.4) is 0 Å². The molecule has 196 valence electrons. The number of rotatable bonds is 7. The van der Waals surface area contributed by atoms with Crippen molar-refractivity contribution in [2.24, 2.45) is 5.41 Å². The Hall–Kier alpha value is -2.59. The summed E-state index contributed by atoms with van der Waals surface area (Å²) in [5.74, 6) is 0.710. The van der Waals surface area contributed by atoms with E-state index in [0.29, 0.717) is 24.7 Å². The third kappa shape index (κ3) is 6.21. The highest BCUT2D eigenvalue weighted by Crippen LogP contribution is 2.39. The Morgan fingerprint density at radius 2 is 1.58 bits per heavy atom. The second kappa shape index (κ2) is 10.8. The average molecular weight is 525 g/mol. The van der Waals surface area contributed by atoms with E-state index in [1.807, 2.05) is 35.2 Å². The SMILES string of the molecule is O=C(CC1(COc2ccccc2)CCN(S(=O)(=O)c2cccc(C(F)(F)F)c2)CC1)N1CCCCC1. The van der Waals surface area contributed by atoms with Crippen LogP contribution in [-0.4, -0.2) is 56.3 Å². The molecule has 2 aromatic rings. The van der Waals surface area contributed by atoms with Crippen LogP contribution in [-0.2, 0) is 21.0 Å². The molecule has 2 fully saturated rings. The molecule has 2 saturated heterocycles. The van der Waals surface area contributed by atoms with E-state index in [-0.39, 0.29) is 36.9 Å². The number of amides is 1. The van der Waals surface area contributed by atoms with Gasteiger partial charge in [0.2, 0.25) is 15.9 Å². The molecule has 10 heteroatoms. The highest BCUT2D eigenvalue weighted by atomic mass is 32.2. The lowest BCUT2D eigenvalue weighted by Crippen LogP contribution is -2.48. The number of sulfonamides is 1. The van der Waals surface area contributed by atoms with Crippen LogP contribution in [0.5, 0.6) is 5.75 Å². The van der Waals surface area contributed by atoms with E-state index >= 15 is 0 Å². The number of nitrogens with zero attached hydrogens (tertiary/aromatic N) is 2. The van der Waals surface area contributed by atoms with Gasteiger partial charge in [0.1, 0.15) is 5.75 Å². The van der Waals surface area contributed by atoms with E-state index < -0.39 is 27.2 Å². The van der Waals surface area contributed by atoms with Crippen molar-refractivity contribution in [3.63, 3.8) is 0 Å². The number of hydrogen-bond donors (Lipinski definition) is 0. The molecule has 0 unspecified atom stereocenters. The third-order valence-corrected chi connectivity index (χ3v) is 9.00. The predicted molar refractivity (Wildman–Crippen MR) is 129 cm³/mol. The van der Waals surface area contributed by atoms with Gasteiger partial charge in [-0.2, -0.15) is 17.5 Å². The molecule has 0 spiro atoms. The number of likely N-dealkylation sites (tertiary alicyclic amines) is 1. The maximum atomic E-state index is 13.2. The normalized spacial score (nSPS) is 19.1. The molecule has 2 aliphatic rings. The molecule has 0 aromatic heterocycles. The van der Waals surface area contributed by atoms with E-state index in [4.69, 9.17) is 4.74 Å². The van der Waals surface area contributed by atoms with Gasteiger partial charge in [-0.15, -0.1) is 0 Å². The van der Waals surface area contributed by atoms with Gasteiger partial charge in [0.25, 0.3) is 0 Å². The fourth-order valence-corrected chi connectivity index (χ4v) is 6.37. The van der Waals surface area contributed by atoms with Gasteiger partial charge in [0, 0.05) is 38.0 Å². The molecule has 2 heterocycles. The van der Waals surface area contributed by atoms with Gasteiger partial charge >= 0.3 is 6.18 Å². The lowest BCUT2D eigenvalue weighted by Gasteiger charge is -2.42. The van der Waals surface area contributed by atoms with Gasteiger partial charge in [-0.3, -0.25) is 4.79 Å². The fourth-order valence-electron chi connectivity index (χ4n) is 4.88. The average Bonchev–Trinajstić information content (AvgIpc) is 2.88. The van der Waals surface area contributed by atoms with Crippen LogP contribution in [0.25, 0.3) is 0 Å². The quantitative estimate of drug-likeness (QED) is 0.514. The molecule has 0 aliphatic carbocycles. The first-order valence-corrected chi connectivity index (χ1v) is 13.7. The summed E-state index contributed by atoms with van der Waals surface area (Å²) in [5, 5.41) is 0. The van der Waals surface area contributed by atoms with Crippen molar-refractivity contribution in [3.8, 4) is 5.75 Å². The van der Waals surface area contributed by atoms with E-state index in [2.05, 4.69) is 0 Å². The molecule has 1 amide bonds. The van der Waals surface area contributed by atoms with Gasteiger partial charge in [-0.25, -0.2) is 8.42 Å². The smallest absolute Gasteiger partial charge is 0.416 e. The van der Waals surface area contributed by atoms with Gasteiger partial charge < -0.3 is 9.64 Å². The Balaban J connectivity index is 1.50. The molecule has 0 radical (unpaired) electrons. The number of halogens is 3. The molecular weight excluding hydrogens is 493 g/mol. The van der Waals surface area contributed by atoms with E-state index in [9.17, 15) is 26.4 Å². The first kappa shape index (κ1) is 26.5. The summed E-state index contributed by atoms with van der Waals surface area (Å²) in [5.41, 5.74) is -1.57. The molecule has 4 rings (SSSR count). The van der Waals surface area contributed by atoms with Crippen molar-refractivity contribution < 1.29 is 31.1 Å². The molecule has 2 aromatic carbocycles. The summed E-state index contributed by atoms with van der Waals surface area (Å²) in [6.07, 6.45) is -0.586. The summed E-state index contributed by atoms with van der Waals surface area (Å²) >= 11 is 0. The molecule has 36 heavy (non-hydrogen) atoms.